The Morgan fingerprint density at radius 2 is 1.51 bits per heavy atom. The van der Waals surface area contributed by atoms with Crippen LogP contribution in [0.3, 0.4) is 0 Å². The van der Waals surface area contributed by atoms with E-state index in [1.165, 1.54) is 31.3 Å². The molecular formula is C42H67NO4. The lowest BCUT2D eigenvalue weighted by molar-refractivity contribution is -0.246. The molecule has 47 heavy (non-hydrogen) atoms. The first kappa shape index (κ1) is 34.3. The standard InChI is InChI=1S/C42H67NO4/c1-26(2)28-12-17-42(34(45)25-27-24-30(37(27,3)4)36(46)43-20-22-47-23-21-43)19-18-40(8)29(35(28)42)10-11-32-39(7)15-14-33(44)38(5,6)31(39)13-16-41(32,40)9/h27-33,35,44H,1,10-25H2,2-9H3/t27-,28+,29-,30+,31+,32-,33+,35?,39+,40-,41-,42-/m1/s1. The second-order valence-corrected chi connectivity index (χ2v) is 20.1. The van der Waals surface area contributed by atoms with E-state index in [1.54, 1.807) is 0 Å². The Morgan fingerprint density at radius 1 is 0.809 bits per heavy atom. The zero-order valence-electron chi connectivity index (χ0n) is 31.3. The van der Waals surface area contributed by atoms with E-state index in [0.29, 0.717) is 68.1 Å². The van der Waals surface area contributed by atoms with Crippen LogP contribution in [0.2, 0.25) is 0 Å². The summed E-state index contributed by atoms with van der Waals surface area (Å²) < 4.78 is 5.51. The van der Waals surface area contributed by atoms with E-state index < -0.39 is 0 Å². The van der Waals surface area contributed by atoms with Crippen LogP contribution in [0.5, 0.6) is 0 Å². The zero-order valence-corrected chi connectivity index (χ0v) is 31.3. The predicted molar refractivity (Wildman–Crippen MR) is 187 cm³/mol. The number of ketones is 1. The molecule has 6 saturated carbocycles. The highest BCUT2D eigenvalue weighted by Crippen LogP contribution is 2.78. The summed E-state index contributed by atoms with van der Waals surface area (Å²) in [4.78, 5) is 30.4. The SMILES string of the molecule is C=C(C)[C@@H]1CC[C@]2(C(=O)C[C@H]3C[C@@H](C(=O)N4CCOCC4)C3(C)C)CC[C@]3(C)[C@H](CC[C@@H]4[C@@]5(C)CC[C@H](O)C(C)(C)[C@@H]5CC[C@]43C)C12. The molecule has 1 aliphatic heterocycles. The molecule has 0 bridgehead atoms. The van der Waals surface area contributed by atoms with Crippen molar-refractivity contribution >= 4 is 11.7 Å². The number of amides is 1. The van der Waals surface area contributed by atoms with Crippen molar-refractivity contribution in [3.05, 3.63) is 12.2 Å². The Kier molecular flexibility index (Phi) is 8.13. The highest BCUT2D eigenvalue weighted by Gasteiger charge is 2.72. The summed E-state index contributed by atoms with van der Waals surface area (Å²) in [6.07, 6.45) is 12.7. The zero-order chi connectivity index (χ0) is 33.9. The van der Waals surface area contributed by atoms with Crippen LogP contribution in [0.15, 0.2) is 12.2 Å². The number of carbonyl (C=O) groups excluding carboxylic acids is 2. The predicted octanol–water partition coefficient (Wildman–Crippen LogP) is 8.49. The van der Waals surface area contributed by atoms with Crippen LogP contribution in [-0.2, 0) is 14.3 Å². The molecular weight excluding hydrogens is 582 g/mol. The van der Waals surface area contributed by atoms with Crippen LogP contribution in [0.25, 0.3) is 0 Å². The first-order valence-corrected chi connectivity index (χ1v) is 19.7. The van der Waals surface area contributed by atoms with Gasteiger partial charge in [-0.15, -0.1) is 0 Å². The molecule has 0 radical (unpaired) electrons. The Labute approximate surface area is 286 Å². The number of aliphatic hydroxyl groups is 1. The molecule has 5 nitrogen and oxygen atoms in total. The molecule has 264 valence electrons. The minimum Gasteiger partial charge on any atom is -0.393 e. The number of fused-ring (bicyclic) bond motifs is 7. The summed E-state index contributed by atoms with van der Waals surface area (Å²) in [7, 11) is 0. The molecule has 0 aromatic heterocycles. The average molecular weight is 650 g/mol. The fourth-order valence-electron chi connectivity index (χ4n) is 14.8. The van der Waals surface area contributed by atoms with E-state index >= 15 is 0 Å². The molecule has 7 rings (SSSR count). The third kappa shape index (κ3) is 4.58. The van der Waals surface area contributed by atoms with Crippen molar-refractivity contribution in [1.82, 2.24) is 4.90 Å². The van der Waals surface area contributed by atoms with Gasteiger partial charge in [0.05, 0.1) is 19.3 Å². The van der Waals surface area contributed by atoms with Crippen LogP contribution in [-0.4, -0.2) is 54.1 Å². The Morgan fingerprint density at radius 3 is 2.17 bits per heavy atom. The van der Waals surface area contributed by atoms with Gasteiger partial charge in [-0.25, -0.2) is 0 Å². The van der Waals surface area contributed by atoms with E-state index in [2.05, 4.69) is 62.0 Å². The van der Waals surface area contributed by atoms with Gasteiger partial charge in [-0.1, -0.05) is 60.6 Å². The summed E-state index contributed by atoms with van der Waals surface area (Å²) in [6, 6.07) is 0. The average Bonchev–Trinajstić information content (AvgIpc) is 3.43. The summed E-state index contributed by atoms with van der Waals surface area (Å²) in [5, 5.41) is 11.1. The van der Waals surface area contributed by atoms with E-state index in [-0.39, 0.29) is 56.3 Å². The number of ether oxygens (including phenoxy) is 1. The van der Waals surface area contributed by atoms with Crippen molar-refractivity contribution < 1.29 is 19.4 Å². The number of hydrogen-bond donors (Lipinski definition) is 1. The minimum absolute atomic E-state index is 0.0192. The quantitative estimate of drug-likeness (QED) is 0.304. The van der Waals surface area contributed by atoms with Crippen molar-refractivity contribution in [2.75, 3.05) is 26.3 Å². The number of carbonyl (C=O) groups is 2. The summed E-state index contributed by atoms with van der Waals surface area (Å²) >= 11 is 0. The van der Waals surface area contributed by atoms with Gasteiger partial charge < -0.3 is 14.7 Å². The van der Waals surface area contributed by atoms with Crippen LogP contribution in [0.1, 0.15) is 132 Å². The largest absolute Gasteiger partial charge is 0.393 e. The topological polar surface area (TPSA) is 66.8 Å². The van der Waals surface area contributed by atoms with Crippen molar-refractivity contribution in [2.45, 2.75) is 139 Å². The van der Waals surface area contributed by atoms with Gasteiger partial charge in [0.2, 0.25) is 5.91 Å². The first-order valence-electron chi connectivity index (χ1n) is 19.7. The highest BCUT2D eigenvalue weighted by atomic mass is 16.5. The van der Waals surface area contributed by atoms with Gasteiger partial charge in [-0.3, -0.25) is 9.59 Å². The Bertz CT molecular complexity index is 1300. The molecule has 6 aliphatic carbocycles. The fourth-order valence-corrected chi connectivity index (χ4v) is 14.8. The molecule has 1 saturated heterocycles. The van der Waals surface area contributed by atoms with Gasteiger partial charge in [0.1, 0.15) is 5.78 Å². The van der Waals surface area contributed by atoms with Crippen molar-refractivity contribution in [1.29, 1.82) is 0 Å². The van der Waals surface area contributed by atoms with Gasteiger partial charge in [-0.2, -0.15) is 0 Å². The number of allylic oxidation sites excluding steroid dienone is 1. The molecule has 7 fully saturated rings. The second-order valence-electron chi connectivity index (χ2n) is 20.1. The second kappa shape index (κ2) is 11.1. The van der Waals surface area contributed by atoms with Crippen molar-refractivity contribution in [3.8, 4) is 0 Å². The number of nitrogens with zero attached hydrogens (tertiary/aromatic N) is 1. The van der Waals surface area contributed by atoms with Crippen LogP contribution < -0.4 is 0 Å². The lowest BCUT2D eigenvalue weighted by Crippen LogP contribution is -2.67. The summed E-state index contributed by atoms with van der Waals surface area (Å²) in [5.41, 5.74) is 1.61. The molecule has 1 unspecified atom stereocenters. The number of Topliss-reactive ketones (excluding diaryl/α,β-unsaturated/α-hetero) is 1. The maximum absolute atomic E-state index is 15.0. The number of hydrogen-bond acceptors (Lipinski definition) is 4. The Hall–Kier alpha value is -1.20. The molecule has 7 aliphatic rings. The van der Waals surface area contributed by atoms with Crippen LogP contribution in [0.4, 0.5) is 0 Å². The molecule has 1 amide bonds. The fraction of sp³-hybridized carbons (Fsp3) is 0.905. The summed E-state index contributed by atoms with van der Waals surface area (Å²) in [5.74, 6) is 3.73. The number of morpholine rings is 1. The molecule has 1 N–H and O–H groups in total. The van der Waals surface area contributed by atoms with E-state index in [4.69, 9.17) is 4.74 Å². The van der Waals surface area contributed by atoms with Crippen molar-refractivity contribution in [3.63, 3.8) is 0 Å². The number of rotatable bonds is 5. The van der Waals surface area contributed by atoms with Gasteiger partial charge in [0, 0.05) is 30.8 Å². The third-order valence-corrected chi connectivity index (χ3v) is 18.1. The van der Waals surface area contributed by atoms with Gasteiger partial charge in [0.15, 0.2) is 0 Å². The molecule has 0 aromatic carbocycles. The normalized spacial score (nSPS) is 49.9. The molecule has 5 heteroatoms. The highest BCUT2D eigenvalue weighted by molar-refractivity contribution is 5.87. The first-order chi connectivity index (χ1) is 21.9. The van der Waals surface area contributed by atoms with Gasteiger partial charge in [-0.05, 0) is 140 Å². The molecule has 0 aromatic rings. The minimum atomic E-state index is -0.232. The third-order valence-electron chi connectivity index (χ3n) is 18.1. The molecule has 0 spiro atoms. The van der Waals surface area contributed by atoms with Crippen molar-refractivity contribution in [2.24, 2.45) is 73.9 Å². The van der Waals surface area contributed by atoms with Gasteiger partial charge in [0.25, 0.3) is 0 Å². The lowest BCUT2D eigenvalue weighted by Gasteiger charge is -2.73. The Balaban J connectivity index is 1.15. The molecule has 12 atom stereocenters. The van der Waals surface area contributed by atoms with E-state index in [0.717, 1.165) is 44.9 Å². The van der Waals surface area contributed by atoms with E-state index in [9.17, 15) is 14.7 Å². The van der Waals surface area contributed by atoms with E-state index in [1.807, 2.05) is 4.90 Å². The smallest absolute Gasteiger partial charge is 0.226 e. The maximum atomic E-state index is 15.0. The number of aliphatic hydroxyl groups excluding tert-OH is 1. The molecule has 1 heterocycles. The summed E-state index contributed by atoms with van der Waals surface area (Å²) in [6.45, 7) is 26.6. The lowest BCUT2D eigenvalue weighted by atomic mass is 9.32. The monoisotopic (exact) mass is 650 g/mol. The van der Waals surface area contributed by atoms with Crippen LogP contribution >= 0.6 is 0 Å². The maximum Gasteiger partial charge on any atom is 0.226 e. The van der Waals surface area contributed by atoms with Gasteiger partial charge >= 0.3 is 0 Å². The van der Waals surface area contributed by atoms with Crippen LogP contribution in [0, 0.1) is 73.9 Å².